The Morgan fingerprint density at radius 3 is 2.80 bits per heavy atom. The van der Waals surface area contributed by atoms with Crippen LogP contribution in [0.4, 0.5) is 5.82 Å². The second kappa shape index (κ2) is 3.98. The number of rotatable bonds is 1. The average molecular weight is 264 g/mol. The molecule has 0 bridgehead atoms. The lowest BCUT2D eigenvalue weighted by molar-refractivity contribution is 1.14. The summed E-state index contributed by atoms with van der Waals surface area (Å²) in [5.74, 6) is 0.528. The number of nitrogens with two attached hydrogens (primary N) is 1. The van der Waals surface area contributed by atoms with Gasteiger partial charge >= 0.3 is 0 Å². The van der Waals surface area contributed by atoms with Gasteiger partial charge in [-0.15, -0.1) is 0 Å². The Morgan fingerprint density at radius 1 is 1.27 bits per heavy atom. The normalized spacial score (nSPS) is 10.3. The second-order valence-corrected chi connectivity index (χ2v) is 4.16. The first-order valence-electron chi connectivity index (χ1n) is 4.51. The molecule has 0 amide bonds. The number of benzene rings is 1. The zero-order valence-corrected chi connectivity index (χ0v) is 9.82. The lowest BCUT2D eigenvalue weighted by Gasteiger charge is -2.06. The van der Waals surface area contributed by atoms with Crippen molar-refractivity contribution in [2.75, 3.05) is 5.73 Å². The van der Waals surface area contributed by atoms with Gasteiger partial charge in [-0.25, -0.2) is 9.97 Å². The summed E-state index contributed by atoms with van der Waals surface area (Å²) in [4.78, 5) is 8.18. The first-order valence-corrected chi connectivity index (χ1v) is 5.31. The number of hydrogen-bond acceptors (Lipinski definition) is 3. The van der Waals surface area contributed by atoms with Gasteiger partial charge in [-0.1, -0.05) is 28.1 Å². The van der Waals surface area contributed by atoms with Crippen molar-refractivity contribution >= 4 is 21.7 Å². The van der Waals surface area contributed by atoms with Gasteiger partial charge in [0.05, 0.1) is 5.69 Å². The molecule has 0 fully saturated rings. The molecular weight excluding hydrogens is 254 g/mol. The Balaban J connectivity index is 2.59. The van der Waals surface area contributed by atoms with Crippen molar-refractivity contribution < 1.29 is 0 Å². The molecule has 3 nitrogen and oxygen atoms in total. The molecule has 0 saturated carbocycles. The van der Waals surface area contributed by atoms with Crippen LogP contribution in [0.5, 0.6) is 0 Å². The van der Waals surface area contributed by atoms with Gasteiger partial charge in [0, 0.05) is 15.6 Å². The van der Waals surface area contributed by atoms with Gasteiger partial charge in [-0.3, -0.25) is 0 Å². The van der Waals surface area contributed by atoms with E-state index in [-0.39, 0.29) is 0 Å². The van der Waals surface area contributed by atoms with Crippen LogP contribution in [0, 0.1) is 6.92 Å². The molecule has 0 saturated heterocycles. The molecule has 0 aliphatic heterocycles. The van der Waals surface area contributed by atoms with Crippen molar-refractivity contribution in [1.82, 2.24) is 9.97 Å². The Hall–Kier alpha value is -1.42. The fourth-order valence-corrected chi connectivity index (χ4v) is 1.79. The zero-order chi connectivity index (χ0) is 10.8. The summed E-state index contributed by atoms with van der Waals surface area (Å²) in [7, 11) is 0. The first kappa shape index (κ1) is 10.1. The molecular formula is C11H10BrN3. The van der Waals surface area contributed by atoms with Gasteiger partial charge in [0.25, 0.3) is 0 Å². The molecule has 76 valence electrons. The van der Waals surface area contributed by atoms with Gasteiger partial charge < -0.3 is 5.73 Å². The molecule has 15 heavy (non-hydrogen) atoms. The third-order valence-corrected chi connectivity index (χ3v) is 2.71. The predicted octanol–water partition coefficient (Wildman–Crippen LogP) is 2.80. The second-order valence-electron chi connectivity index (χ2n) is 3.24. The molecule has 1 aromatic carbocycles. The Kier molecular flexibility index (Phi) is 2.68. The highest BCUT2D eigenvalue weighted by molar-refractivity contribution is 9.10. The molecule has 0 spiro atoms. The van der Waals surface area contributed by atoms with E-state index in [0.717, 1.165) is 21.3 Å². The van der Waals surface area contributed by atoms with Gasteiger partial charge in [0.2, 0.25) is 0 Å². The van der Waals surface area contributed by atoms with Crippen LogP contribution in [-0.2, 0) is 0 Å². The summed E-state index contributed by atoms with van der Waals surface area (Å²) >= 11 is 3.43. The van der Waals surface area contributed by atoms with E-state index in [1.807, 2.05) is 31.2 Å². The summed E-state index contributed by atoms with van der Waals surface area (Å²) < 4.78 is 1.02. The summed E-state index contributed by atoms with van der Waals surface area (Å²) in [5, 5.41) is 0. The summed E-state index contributed by atoms with van der Waals surface area (Å²) in [6.07, 6.45) is 1.48. The molecule has 0 aliphatic rings. The number of nitrogen functional groups attached to an aromatic ring is 1. The maximum absolute atomic E-state index is 5.73. The minimum atomic E-state index is 0.528. The maximum atomic E-state index is 5.73. The largest absolute Gasteiger partial charge is 0.383 e. The quantitative estimate of drug-likeness (QED) is 0.861. The molecule has 1 aromatic heterocycles. The summed E-state index contributed by atoms with van der Waals surface area (Å²) in [5.41, 5.74) is 8.56. The third kappa shape index (κ3) is 1.99. The van der Waals surface area contributed by atoms with Gasteiger partial charge in [0.15, 0.2) is 0 Å². The van der Waals surface area contributed by atoms with Gasteiger partial charge in [0.1, 0.15) is 12.1 Å². The fraction of sp³-hybridized carbons (Fsp3) is 0.0909. The van der Waals surface area contributed by atoms with Crippen molar-refractivity contribution in [2.24, 2.45) is 0 Å². The van der Waals surface area contributed by atoms with Gasteiger partial charge in [-0.05, 0) is 19.1 Å². The monoisotopic (exact) mass is 263 g/mol. The van der Waals surface area contributed by atoms with E-state index in [4.69, 9.17) is 5.73 Å². The van der Waals surface area contributed by atoms with Crippen LogP contribution in [0.1, 0.15) is 5.56 Å². The highest BCUT2D eigenvalue weighted by Gasteiger charge is 2.06. The molecule has 2 N–H and O–H groups in total. The van der Waals surface area contributed by atoms with Crippen molar-refractivity contribution in [1.29, 1.82) is 0 Å². The number of halogens is 1. The molecule has 0 unspecified atom stereocenters. The van der Waals surface area contributed by atoms with E-state index in [1.165, 1.54) is 6.33 Å². The van der Waals surface area contributed by atoms with Crippen LogP contribution < -0.4 is 5.73 Å². The summed E-state index contributed by atoms with van der Waals surface area (Å²) in [6, 6.07) is 7.95. The van der Waals surface area contributed by atoms with Crippen LogP contribution in [0.25, 0.3) is 11.3 Å². The van der Waals surface area contributed by atoms with E-state index in [0.29, 0.717) is 5.82 Å². The molecule has 4 heteroatoms. The van der Waals surface area contributed by atoms with Crippen molar-refractivity contribution in [3.8, 4) is 11.3 Å². The Labute approximate surface area is 96.5 Å². The first-order chi connectivity index (χ1) is 7.18. The molecule has 0 aliphatic carbocycles. The molecule has 2 aromatic rings. The Bertz CT molecular complexity index is 497. The van der Waals surface area contributed by atoms with Crippen LogP contribution in [0.3, 0.4) is 0 Å². The fourth-order valence-electron chi connectivity index (χ4n) is 1.39. The minimum Gasteiger partial charge on any atom is -0.383 e. The lowest BCUT2D eigenvalue weighted by atomic mass is 10.1. The van der Waals surface area contributed by atoms with E-state index in [1.54, 1.807) is 0 Å². The van der Waals surface area contributed by atoms with Crippen molar-refractivity contribution in [3.05, 3.63) is 40.6 Å². The topological polar surface area (TPSA) is 51.8 Å². The highest BCUT2D eigenvalue weighted by atomic mass is 79.9. The minimum absolute atomic E-state index is 0.528. The highest BCUT2D eigenvalue weighted by Crippen LogP contribution is 2.25. The van der Waals surface area contributed by atoms with E-state index < -0.39 is 0 Å². The van der Waals surface area contributed by atoms with Gasteiger partial charge in [-0.2, -0.15) is 0 Å². The average Bonchev–Trinajstić information content (AvgIpc) is 2.22. The molecule has 0 atom stereocenters. The molecule has 0 radical (unpaired) electrons. The standard InChI is InChI=1S/C11H10BrN3/c1-7-10(14-6-15-11(7)13)8-3-2-4-9(12)5-8/h2-6H,1H3,(H2,13,14,15). The van der Waals surface area contributed by atoms with Crippen LogP contribution >= 0.6 is 15.9 Å². The molecule has 2 rings (SSSR count). The smallest absolute Gasteiger partial charge is 0.130 e. The predicted molar refractivity (Wildman–Crippen MR) is 64.3 cm³/mol. The SMILES string of the molecule is Cc1c(N)ncnc1-c1cccc(Br)c1. The van der Waals surface area contributed by atoms with E-state index in [2.05, 4.69) is 25.9 Å². The Morgan fingerprint density at radius 2 is 2.07 bits per heavy atom. The van der Waals surface area contributed by atoms with Crippen LogP contribution in [-0.4, -0.2) is 9.97 Å². The van der Waals surface area contributed by atoms with E-state index in [9.17, 15) is 0 Å². The third-order valence-electron chi connectivity index (χ3n) is 2.22. The van der Waals surface area contributed by atoms with Crippen LogP contribution in [0.15, 0.2) is 35.1 Å². The van der Waals surface area contributed by atoms with Crippen LogP contribution in [0.2, 0.25) is 0 Å². The number of anilines is 1. The number of nitrogens with zero attached hydrogens (tertiary/aromatic N) is 2. The maximum Gasteiger partial charge on any atom is 0.130 e. The number of aromatic nitrogens is 2. The molecule has 1 heterocycles. The van der Waals surface area contributed by atoms with Crippen molar-refractivity contribution in [3.63, 3.8) is 0 Å². The lowest BCUT2D eigenvalue weighted by Crippen LogP contribution is -1.98. The van der Waals surface area contributed by atoms with Crippen molar-refractivity contribution in [2.45, 2.75) is 6.92 Å². The summed E-state index contributed by atoms with van der Waals surface area (Å²) in [6.45, 7) is 1.92. The zero-order valence-electron chi connectivity index (χ0n) is 8.24. The van der Waals surface area contributed by atoms with E-state index >= 15 is 0 Å². The number of hydrogen-bond donors (Lipinski definition) is 1.